The number of nitrogens with zero attached hydrogens (tertiary/aromatic N) is 2. The molecule has 0 radical (unpaired) electrons. The Hall–Kier alpha value is -1.87. The first kappa shape index (κ1) is 15.5. The van der Waals surface area contributed by atoms with Crippen LogP contribution in [-0.2, 0) is 12.7 Å². The highest BCUT2D eigenvalue weighted by Gasteiger charge is 2.32. The lowest BCUT2D eigenvalue weighted by molar-refractivity contribution is -0.138. The summed E-state index contributed by atoms with van der Waals surface area (Å²) in [7, 11) is 0. The summed E-state index contributed by atoms with van der Waals surface area (Å²) in [6, 6.07) is 5.35. The van der Waals surface area contributed by atoms with Gasteiger partial charge in [0, 0.05) is 12.7 Å². The highest BCUT2D eigenvalue weighted by atomic mass is 79.9. The van der Waals surface area contributed by atoms with Crippen LogP contribution in [0.1, 0.15) is 11.1 Å². The maximum absolute atomic E-state index is 12.9. The fourth-order valence-electron chi connectivity index (χ4n) is 1.69. The fraction of sp³-hybridized carbons (Fsp3) is 0.167. The normalized spacial score (nSPS) is 11.3. The van der Waals surface area contributed by atoms with Crippen molar-refractivity contribution in [3.8, 4) is 0 Å². The number of halogens is 4. The van der Waals surface area contributed by atoms with Crippen LogP contribution in [0.15, 0.2) is 34.9 Å². The first-order valence-electron chi connectivity index (χ1n) is 5.80. The maximum atomic E-state index is 12.9. The van der Waals surface area contributed by atoms with Crippen LogP contribution in [0.3, 0.4) is 0 Å². The summed E-state index contributed by atoms with van der Waals surface area (Å²) in [5.74, 6) is 5.69. The van der Waals surface area contributed by atoms with E-state index in [1.54, 1.807) is 6.07 Å². The number of rotatable bonds is 4. The molecule has 4 N–H and O–H groups in total. The third-order valence-corrected chi connectivity index (χ3v) is 3.22. The topological polar surface area (TPSA) is 75.9 Å². The molecule has 0 unspecified atom stereocenters. The van der Waals surface area contributed by atoms with Crippen molar-refractivity contribution in [1.82, 2.24) is 9.97 Å². The Balaban J connectivity index is 2.21. The predicted molar refractivity (Wildman–Crippen MR) is 76.3 cm³/mol. The number of alkyl halides is 3. The number of aromatic nitrogens is 2. The van der Waals surface area contributed by atoms with Gasteiger partial charge in [-0.15, -0.1) is 0 Å². The standard InChI is InChI=1S/C12H11BrF3N5/c13-9-6-19-11(21-17)20-10(9)18-5-7-3-1-2-4-8(7)12(14,15)16/h1-4,6H,5,17H2,(H2,18,19,20,21). The fourth-order valence-corrected chi connectivity index (χ4v) is 2.02. The molecule has 0 aliphatic carbocycles. The number of hydrazine groups is 1. The van der Waals surface area contributed by atoms with Gasteiger partial charge < -0.3 is 5.32 Å². The van der Waals surface area contributed by atoms with Gasteiger partial charge >= 0.3 is 6.18 Å². The van der Waals surface area contributed by atoms with Crippen molar-refractivity contribution in [2.45, 2.75) is 12.7 Å². The molecule has 0 amide bonds. The molecule has 2 aromatic rings. The van der Waals surface area contributed by atoms with E-state index in [1.165, 1.54) is 18.3 Å². The summed E-state index contributed by atoms with van der Waals surface area (Å²) in [5, 5.41) is 2.82. The largest absolute Gasteiger partial charge is 0.416 e. The molecule has 0 atom stereocenters. The van der Waals surface area contributed by atoms with E-state index in [4.69, 9.17) is 5.84 Å². The number of hydrogen-bond donors (Lipinski definition) is 3. The van der Waals surface area contributed by atoms with Crippen LogP contribution in [-0.4, -0.2) is 9.97 Å². The Kier molecular flexibility index (Phi) is 4.63. The van der Waals surface area contributed by atoms with Gasteiger partial charge in [-0.1, -0.05) is 18.2 Å². The van der Waals surface area contributed by atoms with E-state index in [9.17, 15) is 13.2 Å². The van der Waals surface area contributed by atoms with Gasteiger partial charge in [-0.25, -0.2) is 10.8 Å². The van der Waals surface area contributed by atoms with Gasteiger partial charge in [-0.3, -0.25) is 5.43 Å². The van der Waals surface area contributed by atoms with Crippen LogP contribution >= 0.6 is 15.9 Å². The summed E-state index contributed by atoms with van der Waals surface area (Å²) >= 11 is 3.21. The van der Waals surface area contributed by atoms with Crippen molar-refractivity contribution in [1.29, 1.82) is 0 Å². The molecular formula is C12H11BrF3N5. The van der Waals surface area contributed by atoms with Crippen molar-refractivity contribution in [2.75, 3.05) is 10.7 Å². The summed E-state index contributed by atoms with van der Waals surface area (Å²) in [6.07, 6.45) is -2.95. The molecule has 2 rings (SSSR count). The highest BCUT2D eigenvalue weighted by molar-refractivity contribution is 9.10. The van der Waals surface area contributed by atoms with Gasteiger partial charge in [0.2, 0.25) is 5.95 Å². The molecule has 0 saturated carbocycles. The first-order valence-corrected chi connectivity index (χ1v) is 6.59. The molecular weight excluding hydrogens is 351 g/mol. The van der Waals surface area contributed by atoms with Gasteiger partial charge in [0.15, 0.2) is 0 Å². The molecule has 1 aromatic heterocycles. The minimum Gasteiger partial charge on any atom is -0.365 e. The summed E-state index contributed by atoms with van der Waals surface area (Å²) in [6.45, 7) is -0.0324. The second kappa shape index (κ2) is 6.27. The summed E-state index contributed by atoms with van der Waals surface area (Å²) in [5.41, 5.74) is 1.71. The molecule has 112 valence electrons. The molecule has 0 bridgehead atoms. The zero-order valence-corrected chi connectivity index (χ0v) is 12.2. The second-order valence-electron chi connectivity index (χ2n) is 4.04. The van der Waals surface area contributed by atoms with Crippen molar-refractivity contribution < 1.29 is 13.2 Å². The molecule has 1 heterocycles. The molecule has 0 saturated heterocycles. The number of nitrogen functional groups attached to an aromatic ring is 1. The Bertz CT molecular complexity index is 633. The van der Waals surface area contributed by atoms with E-state index >= 15 is 0 Å². The van der Waals surface area contributed by atoms with Crippen molar-refractivity contribution in [3.05, 3.63) is 46.1 Å². The lowest BCUT2D eigenvalue weighted by Crippen LogP contribution is -2.14. The minimum atomic E-state index is -4.40. The molecule has 9 heteroatoms. The highest BCUT2D eigenvalue weighted by Crippen LogP contribution is 2.32. The molecule has 0 spiro atoms. The third-order valence-electron chi connectivity index (χ3n) is 2.64. The monoisotopic (exact) mass is 361 g/mol. The number of hydrogen-bond acceptors (Lipinski definition) is 5. The van der Waals surface area contributed by atoms with Gasteiger partial charge in [0.25, 0.3) is 0 Å². The smallest absolute Gasteiger partial charge is 0.365 e. The predicted octanol–water partition coefficient (Wildman–Crippen LogP) is 3.16. The van der Waals surface area contributed by atoms with E-state index in [0.717, 1.165) is 6.07 Å². The number of nitrogens with one attached hydrogen (secondary N) is 2. The van der Waals surface area contributed by atoms with Crippen LogP contribution in [0.2, 0.25) is 0 Å². The average molecular weight is 362 g/mol. The van der Waals surface area contributed by atoms with Crippen LogP contribution in [0.5, 0.6) is 0 Å². The van der Waals surface area contributed by atoms with Crippen molar-refractivity contribution in [3.63, 3.8) is 0 Å². The molecule has 0 fully saturated rings. The van der Waals surface area contributed by atoms with Gasteiger partial charge in [0.05, 0.1) is 10.0 Å². The summed E-state index contributed by atoms with van der Waals surface area (Å²) in [4.78, 5) is 7.87. The van der Waals surface area contributed by atoms with Gasteiger partial charge in [-0.05, 0) is 27.6 Å². The zero-order valence-electron chi connectivity index (χ0n) is 10.6. The zero-order chi connectivity index (χ0) is 15.5. The Morgan fingerprint density at radius 2 is 1.95 bits per heavy atom. The minimum absolute atomic E-state index is 0.0324. The number of benzene rings is 1. The molecule has 0 aliphatic heterocycles. The van der Waals surface area contributed by atoms with E-state index in [-0.39, 0.29) is 18.1 Å². The maximum Gasteiger partial charge on any atom is 0.416 e. The van der Waals surface area contributed by atoms with Crippen LogP contribution < -0.4 is 16.6 Å². The van der Waals surface area contributed by atoms with E-state index in [0.29, 0.717) is 10.3 Å². The number of anilines is 2. The second-order valence-corrected chi connectivity index (χ2v) is 4.90. The molecule has 0 aliphatic rings. The molecule has 5 nitrogen and oxygen atoms in total. The Morgan fingerprint density at radius 3 is 2.62 bits per heavy atom. The Morgan fingerprint density at radius 1 is 1.24 bits per heavy atom. The van der Waals surface area contributed by atoms with E-state index < -0.39 is 11.7 Å². The van der Waals surface area contributed by atoms with E-state index in [1.807, 2.05) is 0 Å². The first-order chi connectivity index (χ1) is 9.91. The van der Waals surface area contributed by atoms with Crippen LogP contribution in [0.4, 0.5) is 24.9 Å². The van der Waals surface area contributed by atoms with Crippen LogP contribution in [0.25, 0.3) is 0 Å². The van der Waals surface area contributed by atoms with Crippen molar-refractivity contribution >= 4 is 27.7 Å². The SMILES string of the molecule is NNc1ncc(Br)c(NCc2ccccc2C(F)(F)F)n1. The Labute approximate surface area is 126 Å². The lowest BCUT2D eigenvalue weighted by Gasteiger charge is -2.14. The van der Waals surface area contributed by atoms with Crippen molar-refractivity contribution in [2.24, 2.45) is 5.84 Å². The molecule has 1 aromatic carbocycles. The number of nitrogens with two attached hydrogens (primary N) is 1. The lowest BCUT2D eigenvalue weighted by atomic mass is 10.1. The van der Waals surface area contributed by atoms with E-state index in [2.05, 4.69) is 36.6 Å². The van der Waals surface area contributed by atoms with Crippen LogP contribution in [0, 0.1) is 0 Å². The molecule has 21 heavy (non-hydrogen) atoms. The average Bonchev–Trinajstić information content (AvgIpc) is 2.46. The van der Waals surface area contributed by atoms with Gasteiger partial charge in [-0.2, -0.15) is 18.2 Å². The third kappa shape index (κ3) is 3.82. The summed E-state index contributed by atoms with van der Waals surface area (Å²) < 4.78 is 39.2. The quantitative estimate of drug-likeness (QED) is 0.576. The van der Waals surface area contributed by atoms with Gasteiger partial charge in [0.1, 0.15) is 5.82 Å².